The Morgan fingerprint density at radius 1 is 1.04 bits per heavy atom. The summed E-state index contributed by atoms with van der Waals surface area (Å²) in [7, 11) is 0. The minimum atomic E-state index is -0.693. The molecule has 0 unspecified atom stereocenters. The molecular formula is C20H20ClNO4. The van der Waals surface area contributed by atoms with Crippen LogP contribution in [-0.2, 0) is 9.53 Å². The Bertz CT molecular complexity index is 838. The van der Waals surface area contributed by atoms with E-state index in [1.807, 2.05) is 32.9 Å². The second-order valence-electron chi connectivity index (χ2n) is 6.02. The second kappa shape index (κ2) is 8.63. The van der Waals surface area contributed by atoms with E-state index in [4.69, 9.17) is 16.3 Å². The molecule has 0 saturated carbocycles. The second-order valence-corrected chi connectivity index (χ2v) is 6.43. The molecule has 136 valence electrons. The Balaban J connectivity index is 1.88. The lowest BCUT2D eigenvalue weighted by atomic mass is 9.97. The fourth-order valence-corrected chi connectivity index (χ4v) is 3.00. The van der Waals surface area contributed by atoms with Crippen LogP contribution in [0.25, 0.3) is 0 Å². The fraction of sp³-hybridized carbons (Fsp3) is 0.250. The van der Waals surface area contributed by atoms with Gasteiger partial charge in [-0.25, -0.2) is 0 Å². The number of Topliss-reactive ketones (excluding diaryl/α,β-unsaturated/α-hetero) is 1. The first kappa shape index (κ1) is 19.7. The maximum absolute atomic E-state index is 12.3. The number of halogens is 1. The van der Waals surface area contributed by atoms with Gasteiger partial charge in [0, 0.05) is 5.56 Å². The third kappa shape index (κ3) is 4.92. The maximum atomic E-state index is 12.3. The van der Waals surface area contributed by atoms with Crippen molar-refractivity contribution in [1.82, 2.24) is 5.32 Å². The lowest BCUT2D eigenvalue weighted by Crippen LogP contribution is -2.31. The standard InChI is InChI=1S/C20H20ClNO4/c1-12-8-13(2)19(14(3)9-12)17(23)11-26-18(24)10-22-20(25)15-6-4-5-7-16(15)21/h4-9H,10-11H2,1-3H3,(H,22,25). The molecule has 2 aromatic carbocycles. The highest BCUT2D eigenvalue weighted by atomic mass is 35.5. The number of carbonyl (C=O) groups excluding carboxylic acids is 3. The fourth-order valence-electron chi connectivity index (χ4n) is 2.78. The van der Waals surface area contributed by atoms with Crippen molar-refractivity contribution in [3.63, 3.8) is 0 Å². The summed E-state index contributed by atoms with van der Waals surface area (Å²) in [6.07, 6.45) is 0. The minimum Gasteiger partial charge on any atom is -0.456 e. The van der Waals surface area contributed by atoms with Gasteiger partial charge in [0.05, 0.1) is 10.6 Å². The first-order valence-electron chi connectivity index (χ1n) is 8.09. The van der Waals surface area contributed by atoms with E-state index >= 15 is 0 Å². The average Bonchev–Trinajstić information content (AvgIpc) is 2.57. The molecule has 2 rings (SSSR count). The van der Waals surface area contributed by atoms with Crippen LogP contribution in [0.5, 0.6) is 0 Å². The highest BCUT2D eigenvalue weighted by Gasteiger charge is 2.16. The number of benzene rings is 2. The van der Waals surface area contributed by atoms with Crippen molar-refractivity contribution in [3.05, 3.63) is 69.2 Å². The molecule has 0 atom stereocenters. The topological polar surface area (TPSA) is 72.5 Å². The smallest absolute Gasteiger partial charge is 0.325 e. The normalized spacial score (nSPS) is 10.3. The van der Waals surface area contributed by atoms with E-state index < -0.39 is 11.9 Å². The number of nitrogens with one attached hydrogen (secondary N) is 1. The predicted molar refractivity (Wildman–Crippen MR) is 99.7 cm³/mol. The summed E-state index contributed by atoms with van der Waals surface area (Å²) in [5, 5.41) is 2.71. The summed E-state index contributed by atoms with van der Waals surface area (Å²) >= 11 is 5.92. The summed E-state index contributed by atoms with van der Waals surface area (Å²) in [5.41, 5.74) is 3.58. The van der Waals surface area contributed by atoms with Crippen molar-refractivity contribution in [2.45, 2.75) is 20.8 Å². The lowest BCUT2D eigenvalue weighted by molar-refractivity contribution is -0.141. The molecule has 1 amide bonds. The summed E-state index contributed by atoms with van der Waals surface area (Å²) in [6, 6.07) is 10.3. The molecule has 0 aromatic heterocycles. The largest absolute Gasteiger partial charge is 0.456 e. The predicted octanol–water partition coefficient (Wildman–Crippen LogP) is 3.42. The van der Waals surface area contributed by atoms with Gasteiger partial charge in [-0.3, -0.25) is 14.4 Å². The van der Waals surface area contributed by atoms with Crippen molar-refractivity contribution < 1.29 is 19.1 Å². The molecule has 26 heavy (non-hydrogen) atoms. The van der Waals surface area contributed by atoms with Gasteiger partial charge in [0.25, 0.3) is 5.91 Å². The van der Waals surface area contributed by atoms with Crippen LogP contribution in [0.4, 0.5) is 0 Å². The van der Waals surface area contributed by atoms with Gasteiger partial charge in [-0.05, 0) is 44.0 Å². The number of ketones is 1. The quantitative estimate of drug-likeness (QED) is 0.622. The van der Waals surface area contributed by atoms with Crippen LogP contribution in [0.3, 0.4) is 0 Å². The Morgan fingerprint density at radius 2 is 1.65 bits per heavy atom. The number of hydrogen-bond donors (Lipinski definition) is 1. The summed E-state index contributed by atoms with van der Waals surface area (Å²) in [4.78, 5) is 36.1. The third-order valence-electron chi connectivity index (χ3n) is 3.83. The van der Waals surface area contributed by atoms with E-state index in [-0.39, 0.29) is 24.5 Å². The Labute approximate surface area is 157 Å². The number of rotatable bonds is 6. The Morgan fingerprint density at radius 3 is 2.27 bits per heavy atom. The number of esters is 1. The molecule has 0 radical (unpaired) electrons. The van der Waals surface area contributed by atoms with Gasteiger partial charge in [0.2, 0.25) is 5.78 Å². The Kier molecular flexibility index (Phi) is 6.52. The van der Waals surface area contributed by atoms with Crippen molar-refractivity contribution in [2.75, 3.05) is 13.2 Å². The van der Waals surface area contributed by atoms with Crippen LogP contribution in [-0.4, -0.2) is 30.8 Å². The molecular weight excluding hydrogens is 354 g/mol. The van der Waals surface area contributed by atoms with Crippen LogP contribution in [0.15, 0.2) is 36.4 Å². The molecule has 1 N–H and O–H groups in total. The Hall–Kier alpha value is -2.66. The van der Waals surface area contributed by atoms with E-state index in [9.17, 15) is 14.4 Å². The lowest BCUT2D eigenvalue weighted by Gasteiger charge is -2.11. The molecule has 0 aliphatic heterocycles. The molecule has 0 fully saturated rings. The molecule has 6 heteroatoms. The summed E-state index contributed by atoms with van der Waals surface area (Å²) < 4.78 is 4.98. The van der Waals surface area contributed by atoms with E-state index in [1.54, 1.807) is 24.3 Å². The van der Waals surface area contributed by atoms with Gasteiger partial charge in [0.15, 0.2) is 6.61 Å². The first-order valence-corrected chi connectivity index (χ1v) is 8.46. The number of amides is 1. The zero-order valence-electron chi connectivity index (χ0n) is 14.9. The summed E-state index contributed by atoms with van der Waals surface area (Å²) in [5.74, 6) is -1.45. The molecule has 2 aromatic rings. The zero-order chi connectivity index (χ0) is 19.3. The van der Waals surface area contributed by atoms with Gasteiger partial charge in [-0.1, -0.05) is 41.4 Å². The van der Waals surface area contributed by atoms with Gasteiger partial charge in [-0.2, -0.15) is 0 Å². The zero-order valence-corrected chi connectivity index (χ0v) is 15.6. The number of ether oxygens (including phenoxy) is 1. The number of aryl methyl sites for hydroxylation is 3. The number of hydrogen-bond acceptors (Lipinski definition) is 4. The SMILES string of the molecule is Cc1cc(C)c(C(=O)COC(=O)CNC(=O)c2ccccc2Cl)c(C)c1. The van der Waals surface area contributed by atoms with Crippen LogP contribution in [0, 0.1) is 20.8 Å². The molecule has 0 spiro atoms. The van der Waals surface area contributed by atoms with E-state index in [2.05, 4.69) is 5.32 Å². The van der Waals surface area contributed by atoms with Gasteiger partial charge < -0.3 is 10.1 Å². The monoisotopic (exact) mass is 373 g/mol. The van der Waals surface area contributed by atoms with Crippen LogP contribution >= 0.6 is 11.6 Å². The molecule has 5 nitrogen and oxygen atoms in total. The van der Waals surface area contributed by atoms with Crippen LogP contribution in [0.2, 0.25) is 5.02 Å². The van der Waals surface area contributed by atoms with E-state index in [1.165, 1.54) is 0 Å². The van der Waals surface area contributed by atoms with Crippen LogP contribution < -0.4 is 5.32 Å². The van der Waals surface area contributed by atoms with Gasteiger partial charge >= 0.3 is 5.97 Å². The van der Waals surface area contributed by atoms with E-state index in [0.717, 1.165) is 16.7 Å². The molecule has 0 heterocycles. The van der Waals surface area contributed by atoms with Gasteiger partial charge in [0.1, 0.15) is 6.54 Å². The van der Waals surface area contributed by atoms with Crippen LogP contribution in [0.1, 0.15) is 37.4 Å². The van der Waals surface area contributed by atoms with Crippen molar-refractivity contribution >= 4 is 29.3 Å². The molecule has 0 bridgehead atoms. The third-order valence-corrected chi connectivity index (χ3v) is 4.16. The highest BCUT2D eigenvalue weighted by molar-refractivity contribution is 6.33. The average molecular weight is 374 g/mol. The summed E-state index contributed by atoms with van der Waals surface area (Å²) in [6.45, 7) is 4.93. The molecule has 0 saturated heterocycles. The van der Waals surface area contributed by atoms with Crippen molar-refractivity contribution in [2.24, 2.45) is 0 Å². The van der Waals surface area contributed by atoms with Crippen molar-refractivity contribution in [3.8, 4) is 0 Å². The van der Waals surface area contributed by atoms with E-state index in [0.29, 0.717) is 10.6 Å². The highest BCUT2D eigenvalue weighted by Crippen LogP contribution is 2.17. The van der Waals surface area contributed by atoms with Gasteiger partial charge in [-0.15, -0.1) is 0 Å². The van der Waals surface area contributed by atoms with Crippen molar-refractivity contribution in [1.29, 1.82) is 0 Å². The first-order chi connectivity index (χ1) is 12.3. The molecule has 0 aliphatic carbocycles. The molecule has 0 aliphatic rings. The number of carbonyl (C=O) groups is 3. The minimum absolute atomic E-state index is 0.268. The maximum Gasteiger partial charge on any atom is 0.325 e.